The van der Waals surface area contributed by atoms with Gasteiger partial charge in [-0.2, -0.15) is 0 Å². The molecule has 1 amide bonds. The van der Waals surface area contributed by atoms with Crippen molar-refractivity contribution in [3.8, 4) is 11.3 Å². The molecule has 1 aromatic heterocycles. The molecule has 3 rings (SSSR count). The van der Waals surface area contributed by atoms with Gasteiger partial charge in [-0.3, -0.25) is 4.79 Å². The molecule has 5 nitrogen and oxygen atoms in total. The number of hydrogen-bond donors (Lipinski definition) is 1. The van der Waals surface area contributed by atoms with E-state index in [2.05, 4.69) is 10.3 Å². The summed E-state index contributed by atoms with van der Waals surface area (Å²) in [5, 5.41) is 5.88. The van der Waals surface area contributed by atoms with Crippen LogP contribution in [0, 0.1) is 12.8 Å². The lowest BCUT2D eigenvalue weighted by atomic mass is 10.1. The van der Waals surface area contributed by atoms with Crippen molar-refractivity contribution in [2.45, 2.75) is 19.9 Å². The Hall–Kier alpha value is -1.73. The summed E-state index contributed by atoms with van der Waals surface area (Å²) >= 11 is 1.61. The first-order valence-electron chi connectivity index (χ1n) is 7.42. The maximum Gasteiger partial charge on any atom is 0.224 e. The lowest BCUT2D eigenvalue weighted by Gasteiger charge is -2.09. The van der Waals surface area contributed by atoms with Crippen molar-refractivity contribution < 1.29 is 13.2 Å². The van der Waals surface area contributed by atoms with Gasteiger partial charge in [-0.25, -0.2) is 13.4 Å². The Morgan fingerprint density at radius 1 is 1.35 bits per heavy atom. The second kappa shape index (κ2) is 6.41. The van der Waals surface area contributed by atoms with Crippen LogP contribution >= 0.6 is 11.3 Å². The lowest BCUT2D eigenvalue weighted by Crippen LogP contribution is -2.30. The van der Waals surface area contributed by atoms with Crippen LogP contribution in [0.25, 0.3) is 11.3 Å². The van der Waals surface area contributed by atoms with Crippen molar-refractivity contribution in [3.05, 3.63) is 40.2 Å². The number of thiazole rings is 1. The maximum atomic E-state index is 12.0. The summed E-state index contributed by atoms with van der Waals surface area (Å²) in [5.74, 6) is -0.490. The van der Waals surface area contributed by atoms with E-state index in [1.54, 1.807) is 11.3 Å². The zero-order chi connectivity index (χ0) is 16.4. The molecule has 0 bridgehead atoms. The average Bonchev–Trinajstić information content (AvgIpc) is 3.11. The van der Waals surface area contributed by atoms with Gasteiger partial charge in [0.05, 0.1) is 28.1 Å². The molecule has 1 saturated heterocycles. The summed E-state index contributed by atoms with van der Waals surface area (Å²) in [5.41, 5.74) is 2.99. The van der Waals surface area contributed by atoms with E-state index in [0.29, 0.717) is 13.0 Å². The lowest BCUT2D eigenvalue weighted by molar-refractivity contribution is -0.124. The fraction of sp³-hybridized carbons (Fsp3) is 0.375. The molecule has 0 unspecified atom stereocenters. The van der Waals surface area contributed by atoms with E-state index in [9.17, 15) is 13.2 Å². The van der Waals surface area contributed by atoms with Crippen molar-refractivity contribution in [2.75, 3.05) is 11.5 Å². The summed E-state index contributed by atoms with van der Waals surface area (Å²) in [6.45, 7) is 2.38. The normalized spacial score (nSPS) is 19.6. The van der Waals surface area contributed by atoms with Gasteiger partial charge in [-0.1, -0.05) is 24.3 Å². The predicted octanol–water partition coefficient (Wildman–Crippen LogP) is 2.17. The van der Waals surface area contributed by atoms with Crippen LogP contribution in [0.1, 0.15) is 17.0 Å². The first kappa shape index (κ1) is 16.1. The Bertz CT molecular complexity index is 810. The number of amides is 1. The first-order chi connectivity index (χ1) is 10.9. The molecule has 0 radical (unpaired) electrons. The third-order valence-electron chi connectivity index (χ3n) is 3.94. The van der Waals surface area contributed by atoms with E-state index < -0.39 is 15.8 Å². The number of carbonyl (C=O) groups excluding carboxylic acids is 1. The standard InChI is InChI=1S/C16H18N2O3S2/c1-11-18-15(9-22-11)13-4-2-12(3-5-13)8-17-16(19)14-6-7-23(20,21)10-14/h2-5,9,14H,6-8,10H2,1H3,(H,17,19)/t14-/m1/s1. The van der Waals surface area contributed by atoms with Crippen molar-refractivity contribution in [1.29, 1.82) is 0 Å². The topological polar surface area (TPSA) is 76.1 Å². The van der Waals surface area contributed by atoms with Gasteiger partial charge in [0.2, 0.25) is 5.91 Å². The molecular formula is C16H18N2O3S2. The van der Waals surface area contributed by atoms with Crippen LogP contribution in [-0.2, 0) is 21.2 Å². The number of aryl methyl sites for hydroxylation is 1. The van der Waals surface area contributed by atoms with Gasteiger partial charge in [0.1, 0.15) is 0 Å². The molecule has 1 aromatic carbocycles. The van der Waals surface area contributed by atoms with Crippen LogP contribution in [0.15, 0.2) is 29.6 Å². The van der Waals surface area contributed by atoms with E-state index in [1.165, 1.54) is 0 Å². The molecule has 0 saturated carbocycles. The van der Waals surface area contributed by atoms with Gasteiger partial charge < -0.3 is 5.32 Å². The molecule has 1 fully saturated rings. The summed E-state index contributed by atoms with van der Waals surface area (Å²) in [6, 6.07) is 7.87. The molecule has 2 aromatic rings. The third kappa shape index (κ3) is 3.97. The highest BCUT2D eigenvalue weighted by Crippen LogP contribution is 2.22. The Morgan fingerprint density at radius 2 is 2.09 bits per heavy atom. The zero-order valence-electron chi connectivity index (χ0n) is 12.8. The number of sulfone groups is 1. The maximum absolute atomic E-state index is 12.0. The fourth-order valence-electron chi connectivity index (χ4n) is 2.62. The Morgan fingerprint density at radius 3 is 2.65 bits per heavy atom. The summed E-state index contributed by atoms with van der Waals surface area (Å²) in [4.78, 5) is 16.5. The second-order valence-corrected chi connectivity index (χ2v) is 9.06. The number of carbonyl (C=O) groups is 1. The summed E-state index contributed by atoms with van der Waals surface area (Å²) < 4.78 is 22.8. The van der Waals surface area contributed by atoms with Gasteiger partial charge in [-0.05, 0) is 18.9 Å². The molecule has 0 spiro atoms. The molecule has 0 aliphatic carbocycles. The third-order valence-corrected chi connectivity index (χ3v) is 6.48. The highest BCUT2D eigenvalue weighted by atomic mass is 32.2. The Labute approximate surface area is 139 Å². The second-order valence-electron chi connectivity index (χ2n) is 5.77. The molecule has 1 aliphatic heterocycles. The Kier molecular flexibility index (Phi) is 4.50. The van der Waals surface area contributed by atoms with Gasteiger partial charge in [0.15, 0.2) is 9.84 Å². The first-order valence-corrected chi connectivity index (χ1v) is 10.1. The van der Waals surface area contributed by atoms with Crippen LogP contribution in [0.4, 0.5) is 0 Å². The minimum Gasteiger partial charge on any atom is -0.352 e. The van der Waals surface area contributed by atoms with Crippen LogP contribution in [-0.4, -0.2) is 30.8 Å². The highest BCUT2D eigenvalue weighted by Gasteiger charge is 2.32. The number of rotatable bonds is 4. The summed E-state index contributed by atoms with van der Waals surface area (Å²) in [7, 11) is -3.02. The van der Waals surface area contributed by atoms with Crippen molar-refractivity contribution in [2.24, 2.45) is 5.92 Å². The monoisotopic (exact) mass is 350 g/mol. The van der Waals surface area contributed by atoms with Crippen molar-refractivity contribution in [1.82, 2.24) is 10.3 Å². The van der Waals surface area contributed by atoms with Crippen LogP contribution in [0.3, 0.4) is 0 Å². The Balaban J connectivity index is 1.58. The molecule has 1 atom stereocenters. The number of hydrogen-bond acceptors (Lipinski definition) is 5. The van der Waals surface area contributed by atoms with Gasteiger partial charge in [0.25, 0.3) is 0 Å². The zero-order valence-corrected chi connectivity index (χ0v) is 14.4. The van der Waals surface area contributed by atoms with Crippen molar-refractivity contribution >= 4 is 27.1 Å². The fourth-order valence-corrected chi connectivity index (χ4v) is 4.99. The van der Waals surface area contributed by atoms with E-state index in [4.69, 9.17) is 0 Å². The molecular weight excluding hydrogens is 332 g/mol. The van der Waals surface area contributed by atoms with E-state index in [0.717, 1.165) is 21.8 Å². The molecule has 122 valence electrons. The molecule has 1 aliphatic rings. The van der Waals surface area contributed by atoms with Crippen LogP contribution < -0.4 is 5.32 Å². The quantitative estimate of drug-likeness (QED) is 0.917. The molecule has 2 heterocycles. The number of nitrogens with zero attached hydrogens (tertiary/aromatic N) is 1. The smallest absolute Gasteiger partial charge is 0.224 e. The van der Waals surface area contributed by atoms with Crippen LogP contribution in [0.2, 0.25) is 0 Å². The molecule has 1 N–H and O–H groups in total. The minimum absolute atomic E-state index is 0.0268. The molecule has 23 heavy (non-hydrogen) atoms. The number of benzene rings is 1. The number of nitrogens with one attached hydrogen (secondary N) is 1. The molecule has 7 heteroatoms. The average molecular weight is 350 g/mol. The number of aromatic nitrogens is 1. The largest absolute Gasteiger partial charge is 0.352 e. The van der Waals surface area contributed by atoms with E-state index in [-0.39, 0.29) is 17.4 Å². The van der Waals surface area contributed by atoms with Gasteiger partial charge in [-0.15, -0.1) is 11.3 Å². The van der Waals surface area contributed by atoms with Gasteiger partial charge in [0, 0.05) is 17.5 Å². The van der Waals surface area contributed by atoms with Gasteiger partial charge >= 0.3 is 0 Å². The van der Waals surface area contributed by atoms with Crippen LogP contribution in [0.5, 0.6) is 0 Å². The van der Waals surface area contributed by atoms with E-state index >= 15 is 0 Å². The van der Waals surface area contributed by atoms with E-state index in [1.807, 2.05) is 36.6 Å². The van der Waals surface area contributed by atoms with Crippen molar-refractivity contribution in [3.63, 3.8) is 0 Å². The predicted molar refractivity (Wildman–Crippen MR) is 90.9 cm³/mol. The highest BCUT2D eigenvalue weighted by molar-refractivity contribution is 7.91. The SMILES string of the molecule is Cc1nc(-c2ccc(CNC(=O)[C@@H]3CCS(=O)(=O)C3)cc2)cs1. The minimum atomic E-state index is -3.02. The summed E-state index contributed by atoms with van der Waals surface area (Å²) in [6.07, 6.45) is 0.427.